The molecule has 1 spiro atoms. The normalized spacial score (nSPS) is 40.7. The molecule has 4 atom stereocenters. The number of phenolic OH excluding ortho intramolecular Hbond substituents is 1. The van der Waals surface area contributed by atoms with E-state index in [1.54, 1.807) is 6.07 Å². The van der Waals surface area contributed by atoms with Crippen molar-refractivity contribution in [1.29, 1.82) is 0 Å². The van der Waals surface area contributed by atoms with Crippen LogP contribution in [0.3, 0.4) is 0 Å². The Labute approximate surface area is 152 Å². The number of aromatic hydroxyl groups is 1. The lowest BCUT2D eigenvalue weighted by Crippen LogP contribution is -2.76. The zero-order valence-electron chi connectivity index (χ0n) is 14.9. The van der Waals surface area contributed by atoms with E-state index in [0.29, 0.717) is 18.6 Å². The summed E-state index contributed by atoms with van der Waals surface area (Å²) in [5, 5.41) is 22.4. The number of carbonyl (C=O) groups is 1. The molecule has 138 valence electrons. The summed E-state index contributed by atoms with van der Waals surface area (Å²) >= 11 is 0. The highest BCUT2D eigenvalue weighted by molar-refractivity contribution is 5.90. The molecule has 5 aliphatic rings. The molecule has 1 aromatic rings. The molecule has 0 aromatic heterocycles. The van der Waals surface area contributed by atoms with Crippen LogP contribution in [0.15, 0.2) is 12.1 Å². The van der Waals surface area contributed by atoms with Crippen molar-refractivity contribution in [2.75, 3.05) is 13.1 Å². The van der Waals surface area contributed by atoms with Crippen LogP contribution < -0.4 is 4.74 Å². The standard InChI is InChI=1S/C21H25NO4/c23-14-5-4-13-10-16-21(25)7-6-15(24)19-20(21,17(13)18(14)26-19)8-9-22(16)11-12-2-1-3-12/h4-5,12,16,19,23,25H,1-3,6-11H2/t16-,19?,20+,21-/m0/s1. The Balaban J connectivity index is 1.53. The first-order valence-corrected chi connectivity index (χ1v) is 10.1. The highest BCUT2D eigenvalue weighted by Crippen LogP contribution is 2.64. The van der Waals surface area contributed by atoms with Crippen molar-refractivity contribution in [1.82, 2.24) is 4.90 Å². The third-order valence-corrected chi connectivity index (χ3v) is 8.09. The third kappa shape index (κ3) is 1.59. The van der Waals surface area contributed by atoms with Crippen LogP contribution in [0.1, 0.15) is 49.7 Å². The Morgan fingerprint density at radius 2 is 2.12 bits per heavy atom. The van der Waals surface area contributed by atoms with Crippen LogP contribution >= 0.6 is 0 Å². The number of nitrogens with zero attached hydrogens (tertiary/aromatic N) is 1. The average molecular weight is 355 g/mol. The van der Waals surface area contributed by atoms with Crippen LogP contribution in [-0.2, 0) is 16.6 Å². The Hall–Kier alpha value is -1.59. The molecule has 5 nitrogen and oxygen atoms in total. The van der Waals surface area contributed by atoms with Gasteiger partial charge in [-0.05, 0) is 56.2 Å². The number of rotatable bonds is 2. The van der Waals surface area contributed by atoms with Crippen molar-refractivity contribution in [3.05, 3.63) is 23.3 Å². The molecule has 0 radical (unpaired) electrons. The van der Waals surface area contributed by atoms with Crippen molar-refractivity contribution >= 4 is 5.78 Å². The van der Waals surface area contributed by atoms with Gasteiger partial charge in [-0.15, -0.1) is 0 Å². The summed E-state index contributed by atoms with van der Waals surface area (Å²) in [4.78, 5) is 15.3. The van der Waals surface area contributed by atoms with E-state index in [9.17, 15) is 15.0 Å². The molecule has 2 heterocycles. The second-order valence-electron chi connectivity index (χ2n) is 9.07. The molecule has 1 saturated heterocycles. The number of benzene rings is 1. The van der Waals surface area contributed by atoms with Crippen LogP contribution in [0.2, 0.25) is 0 Å². The van der Waals surface area contributed by atoms with Crippen LogP contribution in [0.5, 0.6) is 11.5 Å². The Bertz CT molecular complexity index is 818. The maximum absolute atomic E-state index is 12.8. The van der Waals surface area contributed by atoms with E-state index in [1.807, 2.05) is 6.07 Å². The summed E-state index contributed by atoms with van der Waals surface area (Å²) in [5.41, 5.74) is 0.449. The Morgan fingerprint density at radius 1 is 1.27 bits per heavy atom. The maximum Gasteiger partial charge on any atom is 0.174 e. The summed E-state index contributed by atoms with van der Waals surface area (Å²) in [6, 6.07) is 3.70. The predicted molar refractivity (Wildman–Crippen MR) is 94.4 cm³/mol. The number of hydrogen-bond donors (Lipinski definition) is 2. The first-order valence-electron chi connectivity index (χ1n) is 10.1. The second kappa shape index (κ2) is 4.82. The molecule has 2 aliphatic heterocycles. The largest absolute Gasteiger partial charge is 0.504 e. The van der Waals surface area contributed by atoms with Crippen LogP contribution in [0.4, 0.5) is 0 Å². The number of ether oxygens (including phenoxy) is 1. The first-order chi connectivity index (χ1) is 12.5. The summed E-state index contributed by atoms with van der Waals surface area (Å²) in [6.45, 7) is 1.95. The topological polar surface area (TPSA) is 70.0 Å². The molecule has 26 heavy (non-hydrogen) atoms. The smallest absolute Gasteiger partial charge is 0.174 e. The number of phenols is 1. The van der Waals surface area contributed by atoms with E-state index < -0.39 is 17.1 Å². The van der Waals surface area contributed by atoms with Crippen molar-refractivity contribution in [2.24, 2.45) is 5.92 Å². The summed E-state index contributed by atoms with van der Waals surface area (Å²) in [6.07, 6.45) is 5.65. The monoisotopic (exact) mass is 355 g/mol. The van der Waals surface area contributed by atoms with E-state index in [-0.39, 0.29) is 17.6 Å². The van der Waals surface area contributed by atoms with Crippen molar-refractivity contribution in [2.45, 2.75) is 68.1 Å². The van der Waals surface area contributed by atoms with Gasteiger partial charge in [0.25, 0.3) is 0 Å². The van der Waals surface area contributed by atoms with Gasteiger partial charge >= 0.3 is 0 Å². The number of hydrogen-bond acceptors (Lipinski definition) is 5. The predicted octanol–water partition coefficient (Wildman–Crippen LogP) is 1.92. The van der Waals surface area contributed by atoms with E-state index >= 15 is 0 Å². The summed E-state index contributed by atoms with van der Waals surface area (Å²) < 4.78 is 6.06. The quantitative estimate of drug-likeness (QED) is 0.848. The Kier molecular flexibility index (Phi) is 2.86. The number of aliphatic hydroxyl groups is 1. The fourth-order valence-electron chi connectivity index (χ4n) is 6.64. The van der Waals surface area contributed by atoms with Crippen molar-refractivity contribution in [3.63, 3.8) is 0 Å². The molecular formula is C21H25NO4. The number of piperidine rings is 1. The molecule has 6 rings (SSSR count). The van der Waals surface area contributed by atoms with Gasteiger partial charge in [0.2, 0.25) is 0 Å². The SMILES string of the molecule is O=C1CC[C@]2(O)[C@@H]3Cc4ccc(O)c5c4[C@]2(CCN3CC2CCC2)C1O5. The van der Waals surface area contributed by atoms with Gasteiger partial charge in [-0.2, -0.15) is 0 Å². The summed E-state index contributed by atoms with van der Waals surface area (Å²) in [5.74, 6) is 1.37. The molecule has 5 heteroatoms. The molecule has 2 bridgehead atoms. The number of Topliss-reactive ketones (excluding diaryl/α,β-unsaturated/α-hetero) is 1. The third-order valence-electron chi connectivity index (χ3n) is 8.09. The molecule has 0 amide bonds. The number of likely N-dealkylation sites (tertiary alicyclic amines) is 1. The zero-order chi connectivity index (χ0) is 17.7. The lowest BCUT2D eigenvalue weighted by Gasteiger charge is -2.63. The average Bonchev–Trinajstić information content (AvgIpc) is 2.93. The van der Waals surface area contributed by atoms with Gasteiger partial charge in [-0.1, -0.05) is 12.5 Å². The van der Waals surface area contributed by atoms with Crippen molar-refractivity contribution < 1.29 is 19.7 Å². The molecule has 1 aromatic carbocycles. The molecular weight excluding hydrogens is 330 g/mol. The fourth-order valence-corrected chi connectivity index (χ4v) is 6.64. The number of carbonyl (C=O) groups excluding carboxylic acids is 1. The second-order valence-corrected chi connectivity index (χ2v) is 9.07. The lowest BCUT2D eigenvalue weighted by molar-refractivity contribution is -0.190. The minimum atomic E-state index is -0.945. The lowest BCUT2D eigenvalue weighted by atomic mass is 9.49. The highest BCUT2D eigenvalue weighted by Gasteiger charge is 2.73. The van der Waals surface area contributed by atoms with E-state index in [2.05, 4.69) is 4.90 Å². The highest BCUT2D eigenvalue weighted by atomic mass is 16.5. The first kappa shape index (κ1) is 15.5. The van der Waals surface area contributed by atoms with Gasteiger partial charge < -0.3 is 14.9 Å². The van der Waals surface area contributed by atoms with Crippen molar-refractivity contribution in [3.8, 4) is 11.5 Å². The van der Waals surface area contributed by atoms with Crippen LogP contribution in [-0.4, -0.2) is 51.7 Å². The zero-order valence-corrected chi connectivity index (χ0v) is 14.9. The van der Waals surface area contributed by atoms with Gasteiger partial charge in [0.1, 0.15) is 0 Å². The van der Waals surface area contributed by atoms with E-state index in [4.69, 9.17) is 4.74 Å². The minimum absolute atomic E-state index is 0.0408. The van der Waals surface area contributed by atoms with Gasteiger partial charge in [0, 0.05) is 24.6 Å². The molecule has 2 N–H and O–H groups in total. The van der Waals surface area contributed by atoms with Gasteiger partial charge in [-0.25, -0.2) is 0 Å². The fraction of sp³-hybridized carbons (Fsp3) is 0.667. The van der Waals surface area contributed by atoms with E-state index in [1.165, 1.54) is 19.3 Å². The minimum Gasteiger partial charge on any atom is -0.504 e. The maximum atomic E-state index is 12.8. The molecule has 3 aliphatic carbocycles. The van der Waals surface area contributed by atoms with Gasteiger partial charge in [-0.3, -0.25) is 9.69 Å². The number of ketones is 1. The van der Waals surface area contributed by atoms with E-state index in [0.717, 1.165) is 43.0 Å². The van der Waals surface area contributed by atoms with Gasteiger partial charge in [0.05, 0.1) is 11.0 Å². The molecule has 3 fully saturated rings. The molecule has 1 unspecified atom stereocenters. The Morgan fingerprint density at radius 3 is 2.88 bits per heavy atom. The molecule has 2 saturated carbocycles. The van der Waals surface area contributed by atoms with Gasteiger partial charge in [0.15, 0.2) is 23.4 Å². The van der Waals surface area contributed by atoms with Crippen LogP contribution in [0, 0.1) is 5.92 Å². The van der Waals surface area contributed by atoms with Crippen LogP contribution in [0.25, 0.3) is 0 Å². The summed E-state index contributed by atoms with van der Waals surface area (Å²) in [7, 11) is 0.